The minimum atomic E-state index is 0.916. The molecule has 1 aromatic heterocycles. The van der Waals surface area contributed by atoms with Crippen LogP contribution in [0.15, 0.2) is 42.5 Å². The fourth-order valence-electron chi connectivity index (χ4n) is 2.53. The number of fused-ring (bicyclic) bond motifs is 3. The van der Waals surface area contributed by atoms with Crippen LogP contribution in [0.25, 0.3) is 21.8 Å². The van der Waals surface area contributed by atoms with Crippen LogP contribution in [-0.2, 0) is 13.6 Å². The fraction of sp³-hybridized carbons (Fsp3) is 0.200. The molecule has 0 saturated carbocycles. The summed E-state index contributed by atoms with van der Waals surface area (Å²) < 4.78 is 2.26. The van der Waals surface area contributed by atoms with Gasteiger partial charge in [-0.1, -0.05) is 24.3 Å². The van der Waals surface area contributed by atoms with Gasteiger partial charge >= 0.3 is 0 Å². The fourth-order valence-corrected chi connectivity index (χ4v) is 2.53. The molecule has 0 spiro atoms. The third kappa shape index (κ3) is 1.53. The van der Waals surface area contributed by atoms with Gasteiger partial charge in [0.05, 0.1) is 0 Å². The number of nitrogens with zero attached hydrogens (tertiary/aromatic N) is 1. The molecule has 1 N–H and O–H groups in total. The molecule has 0 bridgehead atoms. The van der Waals surface area contributed by atoms with Gasteiger partial charge < -0.3 is 9.88 Å². The zero-order valence-corrected chi connectivity index (χ0v) is 10.2. The molecule has 0 unspecified atom stereocenters. The predicted octanol–water partition coefficient (Wildman–Crippen LogP) is 3.05. The monoisotopic (exact) mass is 224 g/mol. The molecule has 0 amide bonds. The Morgan fingerprint density at radius 2 is 1.76 bits per heavy atom. The van der Waals surface area contributed by atoms with Crippen molar-refractivity contribution in [1.29, 1.82) is 0 Å². The van der Waals surface area contributed by atoms with E-state index in [-0.39, 0.29) is 0 Å². The second-order valence-corrected chi connectivity index (χ2v) is 4.46. The number of para-hydroxylation sites is 1. The van der Waals surface area contributed by atoms with Crippen molar-refractivity contribution in [2.75, 3.05) is 7.05 Å². The molecular formula is C15H16N2. The number of aromatic nitrogens is 1. The summed E-state index contributed by atoms with van der Waals surface area (Å²) in [6.07, 6.45) is 0. The molecular weight excluding hydrogens is 208 g/mol. The number of rotatable bonds is 2. The SMILES string of the molecule is CNCc1ccc2c(c1)c1ccccc1n2C. The van der Waals surface area contributed by atoms with E-state index in [0.717, 1.165) is 6.54 Å². The van der Waals surface area contributed by atoms with Crippen LogP contribution in [0.2, 0.25) is 0 Å². The van der Waals surface area contributed by atoms with E-state index in [1.54, 1.807) is 0 Å². The summed E-state index contributed by atoms with van der Waals surface area (Å²) in [4.78, 5) is 0. The lowest BCUT2D eigenvalue weighted by molar-refractivity contribution is 0.819. The zero-order valence-electron chi connectivity index (χ0n) is 10.2. The Labute approximate surface area is 101 Å². The highest BCUT2D eigenvalue weighted by atomic mass is 14.9. The number of benzene rings is 2. The third-order valence-corrected chi connectivity index (χ3v) is 3.36. The highest BCUT2D eigenvalue weighted by Gasteiger charge is 2.07. The molecule has 0 aliphatic carbocycles. The Hall–Kier alpha value is -1.80. The van der Waals surface area contributed by atoms with Gasteiger partial charge in [-0.3, -0.25) is 0 Å². The quantitative estimate of drug-likeness (QED) is 0.708. The Bertz CT molecular complexity index is 680. The van der Waals surface area contributed by atoms with E-state index >= 15 is 0 Å². The summed E-state index contributed by atoms with van der Waals surface area (Å²) in [7, 11) is 4.11. The van der Waals surface area contributed by atoms with Crippen LogP contribution in [0.1, 0.15) is 5.56 Å². The molecule has 0 aliphatic heterocycles. The lowest BCUT2D eigenvalue weighted by Gasteiger charge is -2.01. The molecule has 0 aliphatic rings. The van der Waals surface area contributed by atoms with Crippen molar-refractivity contribution >= 4 is 21.8 Å². The van der Waals surface area contributed by atoms with E-state index in [2.05, 4.69) is 59.4 Å². The molecule has 3 rings (SSSR count). The van der Waals surface area contributed by atoms with Gasteiger partial charge in [-0.05, 0) is 30.8 Å². The van der Waals surface area contributed by atoms with Crippen LogP contribution in [0.4, 0.5) is 0 Å². The Morgan fingerprint density at radius 1 is 1.00 bits per heavy atom. The molecule has 3 aromatic rings. The molecule has 2 nitrogen and oxygen atoms in total. The first-order valence-corrected chi connectivity index (χ1v) is 5.92. The molecule has 0 fully saturated rings. The van der Waals surface area contributed by atoms with Crippen molar-refractivity contribution in [3.63, 3.8) is 0 Å². The maximum atomic E-state index is 3.20. The van der Waals surface area contributed by atoms with E-state index < -0.39 is 0 Å². The van der Waals surface area contributed by atoms with Crippen molar-refractivity contribution in [2.24, 2.45) is 7.05 Å². The average molecular weight is 224 g/mol. The van der Waals surface area contributed by atoms with Crippen molar-refractivity contribution in [3.8, 4) is 0 Å². The summed E-state index contributed by atoms with van der Waals surface area (Å²) in [5, 5.41) is 5.88. The Balaban J connectivity index is 2.38. The van der Waals surface area contributed by atoms with Gasteiger partial charge in [-0.25, -0.2) is 0 Å². The first-order chi connectivity index (χ1) is 8.31. The molecule has 0 radical (unpaired) electrons. The largest absolute Gasteiger partial charge is 0.344 e. The molecule has 1 heterocycles. The van der Waals surface area contributed by atoms with Crippen LogP contribution in [0.5, 0.6) is 0 Å². The van der Waals surface area contributed by atoms with Crippen molar-refractivity contribution in [1.82, 2.24) is 9.88 Å². The Morgan fingerprint density at radius 3 is 2.59 bits per heavy atom. The van der Waals surface area contributed by atoms with Crippen LogP contribution >= 0.6 is 0 Å². The summed E-state index contributed by atoms with van der Waals surface area (Å²) in [5.74, 6) is 0. The number of hydrogen-bond donors (Lipinski definition) is 1. The smallest absolute Gasteiger partial charge is 0.0488 e. The molecule has 86 valence electrons. The van der Waals surface area contributed by atoms with E-state index in [1.807, 2.05) is 7.05 Å². The summed E-state index contributed by atoms with van der Waals surface area (Å²) >= 11 is 0. The standard InChI is InChI=1S/C15H16N2/c1-16-10-11-7-8-15-13(9-11)12-5-3-4-6-14(12)17(15)2/h3-9,16H,10H2,1-2H3. The second kappa shape index (κ2) is 3.90. The molecule has 17 heavy (non-hydrogen) atoms. The minimum absolute atomic E-state index is 0.916. The molecule has 2 aromatic carbocycles. The second-order valence-electron chi connectivity index (χ2n) is 4.46. The number of nitrogens with one attached hydrogen (secondary N) is 1. The summed E-state index contributed by atoms with van der Waals surface area (Å²) in [6.45, 7) is 0.916. The normalized spacial score (nSPS) is 11.4. The van der Waals surface area contributed by atoms with Crippen LogP contribution < -0.4 is 5.32 Å². The van der Waals surface area contributed by atoms with Crippen molar-refractivity contribution in [3.05, 3.63) is 48.0 Å². The maximum Gasteiger partial charge on any atom is 0.0488 e. The summed E-state index contributed by atoms with van der Waals surface area (Å²) in [6, 6.07) is 15.3. The van der Waals surface area contributed by atoms with Gasteiger partial charge in [0.15, 0.2) is 0 Å². The highest BCUT2D eigenvalue weighted by Crippen LogP contribution is 2.28. The minimum Gasteiger partial charge on any atom is -0.344 e. The first kappa shape index (κ1) is 10.4. The van der Waals surface area contributed by atoms with Crippen LogP contribution in [0, 0.1) is 0 Å². The van der Waals surface area contributed by atoms with Gasteiger partial charge in [0.25, 0.3) is 0 Å². The van der Waals surface area contributed by atoms with Gasteiger partial charge in [-0.2, -0.15) is 0 Å². The van der Waals surface area contributed by atoms with E-state index in [9.17, 15) is 0 Å². The highest BCUT2D eigenvalue weighted by molar-refractivity contribution is 6.08. The molecule has 2 heteroatoms. The van der Waals surface area contributed by atoms with Gasteiger partial charge in [-0.15, -0.1) is 0 Å². The Kier molecular flexibility index (Phi) is 2.37. The zero-order chi connectivity index (χ0) is 11.8. The van der Waals surface area contributed by atoms with E-state index in [1.165, 1.54) is 27.4 Å². The molecule has 0 atom stereocenters. The van der Waals surface area contributed by atoms with Crippen molar-refractivity contribution < 1.29 is 0 Å². The van der Waals surface area contributed by atoms with Gasteiger partial charge in [0.1, 0.15) is 0 Å². The predicted molar refractivity (Wildman–Crippen MR) is 73.2 cm³/mol. The van der Waals surface area contributed by atoms with Gasteiger partial charge in [0.2, 0.25) is 0 Å². The lowest BCUT2D eigenvalue weighted by Crippen LogP contribution is -2.04. The van der Waals surface area contributed by atoms with Crippen LogP contribution in [0.3, 0.4) is 0 Å². The van der Waals surface area contributed by atoms with Gasteiger partial charge in [0, 0.05) is 35.4 Å². The van der Waals surface area contributed by atoms with E-state index in [0.29, 0.717) is 0 Å². The van der Waals surface area contributed by atoms with Crippen LogP contribution in [-0.4, -0.2) is 11.6 Å². The third-order valence-electron chi connectivity index (χ3n) is 3.36. The topological polar surface area (TPSA) is 17.0 Å². The first-order valence-electron chi connectivity index (χ1n) is 5.92. The molecule has 0 saturated heterocycles. The maximum absolute atomic E-state index is 3.20. The lowest BCUT2D eigenvalue weighted by atomic mass is 10.1. The number of aryl methyl sites for hydroxylation is 1. The van der Waals surface area contributed by atoms with Crippen molar-refractivity contribution in [2.45, 2.75) is 6.54 Å². The average Bonchev–Trinajstić information content (AvgIpc) is 2.65. The summed E-state index contributed by atoms with van der Waals surface area (Å²) in [5.41, 5.74) is 3.92. The van der Waals surface area contributed by atoms with E-state index in [4.69, 9.17) is 0 Å². The number of hydrogen-bond acceptors (Lipinski definition) is 1.